The smallest absolute Gasteiger partial charge is 0.284 e. The van der Waals surface area contributed by atoms with Gasteiger partial charge in [-0.25, -0.2) is 4.68 Å². The van der Waals surface area contributed by atoms with E-state index in [1.807, 2.05) is 41.1 Å². The van der Waals surface area contributed by atoms with Gasteiger partial charge in [-0.05, 0) is 55.7 Å². The van der Waals surface area contributed by atoms with Crippen molar-refractivity contribution in [3.05, 3.63) is 94.5 Å². The van der Waals surface area contributed by atoms with E-state index in [0.717, 1.165) is 24.2 Å². The number of anilines is 1. The maximum atomic E-state index is 13.7. The second-order valence-electron chi connectivity index (χ2n) is 11.1. The second-order valence-corrected chi connectivity index (χ2v) is 11.1. The number of para-hydroxylation sites is 1. The lowest BCUT2D eigenvalue weighted by Gasteiger charge is -2.19. The molecular weight excluding hydrogens is 616 g/mol. The maximum Gasteiger partial charge on any atom is 0.284 e. The van der Waals surface area contributed by atoms with E-state index in [0.29, 0.717) is 84.7 Å². The van der Waals surface area contributed by atoms with Crippen molar-refractivity contribution in [3.63, 3.8) is 0 Å². The van der Waals surface area contributed by atoms with Gasteiger partial charge in [0.05, 0.1) is 37.2 Å². The molecule has 0 saturated carbocycles. The average molecular weight is 655 g/mol. The first-order chi connectivity index (χ1) is 23.5. The molecule has 250 valence electrons. The normalized spacial score (nSPS) is 12.4. The molecule has 0 radical (unpaired) electrons. The van der Waals surface area contributed by atoms with Gasteiger partial charge in [-0.3, -0.25) is 19.3 Å². The summed E-state index contributed by atoms with van der Waals surface area (Å²) in [5, 5.41) is 3.60. The molecule has 0 aliphatic carbocycles. The van der Waals surface area contributed by atoms with Crippen molar-refractivity contribution in [1.82, 2.24) is 14.3 Å². The SMILES string of the molecule is COCCOc1cc2nccc(Oc3ccc(NC(=O)c4c5n(n(-c6ccccc6)c4=O)CCCC5)cc3OC)c2cc1OCCOC. The first kappa shape index (κ1) is 32.6. The number of rotatable bonds is 14. The molecule has 3 heterocycles. The van der Waals surface area contributed by atoms with E-state index in [4.69, 9.17) is 28.4 Å². The summed E-state index contributed by atoms with van der Waals surface area (Å²) in [6.07, 6.45) is 4.13. The van der Waals surface area contributed by atoms with Crippen LogP contribution in [0.4, 0.5) is 5.69 Å². The Morgan fingerprint density at radius 1 is 0.812 bits per heavy atom. The molecule has 0 atom stereocenters. The van der Waals surface area contributed by atoms with Crippen LogP contribution in [0.15, 0.2) is 77.7 Å². The van der Waals surface area contributed by atoms with Gasteiger partial charge in [0.15, 0.2) is 23.0 Å². The van der Waals surface area contributed by atoms with Crippen molar-refractivity contribution in [1.29, 1.82) is 0 Å². The molecule has 0 unspecified atom stereocenters. The number of carbonyl (C=O) groups is 1. The predicted octanol–water partition coefficient (Wildman–Crippen LogP) is 5.63. The number of carbonyl (C=O) groups excluding carboxylic acids is 1. The molecule has 0 saturated heterocycles. The van der Waals surface area contributed by atoms with Gasteiger partial charge in [0.25, 0.3) is 11.5 Å². The van der Waals surface area contributed by atoms with E-state index in [2.05, 4.69) is 10.3 Å². The Hall–Kier alpha value is -5.33. The minimum absolute atomic E-state index is 0.148. The Bertz CT molecular complexity index is 1950. The van der Waals surface area contributed by atoms with Gasteiger partial charge >= 0.3 is 0 Å². The van der Waals surface area contributed by atoms with Crippen molar-refractivity contribution in [2.24, 2.45) is 0 Å². The number of ether oxygens (including phenoxy) is 6. The van der Waals surface area contributed by atoms with Crippen LogP contribution in [0.25, 0.3) is 16.6 Å². The molecule has 0 bridgehead atoms. The van der Waals surface area contributed by atoms with Crippen molar-refractivity contribution in [3.8, 4) is 34.4 Å². The largest absolute Gasteiger partial charge is 0.493 e. The van der Waals surface area contributed by atoms with Crippen molar-refractivity contribution < 1.29 is 33.2 Å². The number of benzene rings is 3. The van der Waals surface area contributed by atoms with Gasteiger partial charge in [0.1, 0.15) is 24.5 Å². The number of fused-ring (bicyclic) bond motifs is 2. The standard InChI is InChI=1S/C36H38N4O8/c1-43-17-19-46-32-22-26-27(23-33(32)47-20-18-44-2)37-15-14-29(26)48-30-13-12-24(21-31(30)45-3)38-35(41)34-28-11-7-8-16-39(28)40(36(34)42)25-9-5-4-6-10-25/h4-6,9-10,12-15,21-23H,7-8,11,16-20H2,1-3H3,(H,38,41). The number of amides is 1. The molecule has 1 aliphatic heterocycles. The van der Waals surface area contributed by atoms with Crippen LogP contribution < -0.4 is 29.8 Å². The molecule has 48 heavy (non-hydrogen) atoms. The van der Waals surface area contributed by atoms with E-state index >= 15 is 0 Å². The molecule has 0 fully saturated rings. The first-order valence-corrected chi connectivity index (χ1v) is 15.8. The van der Waals surface area contributed by atoms with Crippen LogP contribution in [0.3, 0.4) is 0 Å². The lowest BCUT2D eigenvalue weighted by Crippen LogP contribution is -2.25. The van der Waals surface area contributed by atoms with E-state index in [1.54, 1.807) is 55.4 Å². The van der Waals surface area contributed by atoms with E-state index in [9.17, 15) is 9.59 Å². The number of pyridine rings is 1. The Balaban J connectivity index is 1.27. The summed E-state index contributed by atoms with van der Waals surface area (Å²) in [5.74, 6) is 1.88. The number of hydrogen-bond acceptors (Lipinski definition) is 9. The highest BCUT2D eigenvalue weighted by atomic mass is 16.5. The van der Waals surface area contributed by atoms with E-state index in [-0.39, 0.29) is 11.1 Å². The van der Waals surface area contributed by atoms with E-state index in [1.165, 1.54) is 7.11 Å². The van der Waals surface area contributed by atoms with Gasteiger partial charge in [0.2, 0.25) is 0 Å². The molecule has 5 aromatic rings. The third-order valence-corrected chi connectivity index (χ3v) is 8.01. The molecular formula is C36H38N4O8. The molecule has 1 N–H and O–H groups in total. The van der Waals surface area contributed by atoms with Crippen LogP contribution >= 0.6 is 0 Å². The molecule has 12 nitrogen and oxygen atoms in total. The third kappa shape index (κ3) is 6.85. The van der Waals surface area contributed by atoms with Crippen LogP contribution in [-0.2, 0) is 22.4 Å². The summed E-state index contributed by atoms with van der Waals surface area (Å²) in [6.45, 7) is 2.16. The summed E-state index contributed by atoms with van der Waals surface area (Å²) in [6, 6.07) is 19.8. The lowest BCUT2D eigenvalue weighted by atomic mass is 10.1. The second kappa shape index (κ2) is 15.1. The van der Waals surface area contributed by atoms with Gasteiger partial charge in [-0.1, -0.05) is 18.2 Å². The van der Waals surface area contributed by atoms with Crippen molar-refractivity contribution in [2.45, 2.75) is 25.8 Å². The number of nitrogens with zero attached hydrogens (tertiary/aromatic N) is 3. The van der Waals surface area contributed by atoms with Crippen LogP contribution in [-0.4, -0.2) is 68.0 Å². The van der Waals surface area contributed by atoms with Gasteiger partial charge in [-0.15, -0.1) is 0 Å². The molecule has 3 aromatic carbocycles. The monoisotopic (exact) mass is 654 g/mol. The first-order valence-electron chi connectivity index (χ1n) is 15.8. The summed E-state index contributed by atoms with van der Waals surface area (Å²) in [5.41, 5.74) is 2.36. The quantitative estimate of drug-likeness (QED) is 0.152. The maximum absolute atomic E-state index is 13.7. The Morgan fingerprint density at radius 2 is 1.56 bits per heavy atom. The van der Waals surface area contributed by atoms with Crippen LogP contribution in [0, 0.1) is 0 Å². The molecule has 2 aromatic heterocycles. The molecule has 1 aliphatic rings. The highest BCUT2D eigenvalue weighted by Crippen LogP contribution is 2.40. The average Bonchev–Trinajstić information content (AvgIpc) is 3.41. The zero-order valence-electron chi connectivity index (χ0n) is 27.2. The highest BCUT2D eigenvalue weighted by Gasteiger charge is 2.28. The van der Waals surface area contributed by atoms with Gasteiger partial charge in [-0.2, -0.15) is 0 Å². The van der Waals surface area contributed by atoms with Gasteiger partial charge in [0, 0.05) is 50.2 Å². The van der Waals surface area contributed by atoms with Gasteiger partial charge < -0.3 is 33.7 Å². The third-order valence-electron chi connectivity index (χ3n) is 8.01. The van der Waals surface area contributed by atoms with Crippen LogP contribution in [0.5, 0.6) is 28.7 Å². The zero-order chi connectivity index (χ0) is 33.5. The molecule has 6 rings (SSSR count). The fraction of sp³-hybridized carbons (Fsp3) is 0.306. The summed E-state index contributed by atoms with van der Waals surface area (Å²) in [7, 11) is 4.74. The summed E-state index contributed by atoms with van der Waals surface area (Å²) >= 11 is 0. The predicted molar refractivity (Wildman–Crippen MR) is 180 cm³/mol. The van der Waals surface area contributed by atoms with Crippen LogP contribution in [0.1, 0.15) is 28.9 Å². The number of aromatic nitrogens is 3. The highest BCUT2D eigenvalue weighted by molar-refractivity contribution is 6.05. The zero-order valence-corrected chi connectivity index (χ0v) is 27.2. The minimum atomic E-state index is -0.472. The fourth-order valence-corrected chi connectivity index (χ4v) is 5.74. The topological polar surface area (TPSA) is 124 Å². The molecule has 0 spiro atoms. The Labute approximate surface area is 277 Å². The number of hydrogen-bond donors (Lipinski definition) is 1. The van der Waals surface area contributed by atoms with Crippen molar-refractivity contribution >= 4 is 22.5 Å². The van der Waals surface area contributed by atoms with E-state index < -0.39 is 5.91 Å². The number of methoxy groups -OCH3 is 3. The Morgan fingerprint density at radius 3 is 2.29 bits per heavy atom. The molecule has 12 heteroatoms. The number of nitrogens with one attached hydrogen (secondary N) is 1. The summed E-state index contributed by atoms with van der Waals surface area (Å²) in [4.78, 5) is 31.8. The van der Waals surface area contributed by atoms with Crippen molar-refractivity contribution in [2.75, 3.05) is 53.1 Å². The Kier molecular flexibility index (Phi) is 10.2. The van der Waals surface area contributed by atoms with Crippen LogP contribution in [0.2, 0.25) is 0 Å². The summed E-state index contributed by atoms with van der Waals surface area (Å²) < 4.78 is 37.7. The fourth-order valence-electron chi connectivity index (χ4n) is 5.74. The lowest BCUT2D eigenvalue weighted by molar-refractivity contribution is 0.102. The minimum Gasteiger partial charge on any atom is -0.493 e. The molecule has 1 amide bonds.